The van der Waals surface area contributed by atoms with Crippen molar-refractivity contribution in [2.45, 2.75) is 17.6 Å². The zero-order chi connectivity index (χ0) is 22.3. The van der Waals surface area contributed by atoms with Crippen molar-refractivity contribution >= 4 is 45.0 Å². The Balaban J connectivity index is 1.52. The predicted molar refractivity (Wildman–Crippen MR) is 128 cm³/mol. The molecule has 0 unspecified atom stereocenters. The summed E-state index contributed by atoms with van der Waals surface area (Å²) in [5.41, 5.74) is 3.14. The number of rotatable bonds is 9. The van der Waals surface area contributed by atoms with Gasteiger partial charge in [-0.3, -0.25) is 9.52 Å². The van der Waals surface area contributed by atoms with Gasteiger partial charge in [-0.15, -0.1) is 0 Å². The minimum absolute atomic E-state index is 0.149. The first kappa shape index (κ1) is 23.2. The van der Waals surface area contributed by atoms with E-state index < -0.39 is 10.0 Å². The van der Waals surface area contributed by atoms with E-state index in [1.165, 1.54) is 41.5 Å². The van der Waals surface area contributed by atoms with E-state index in [-0.39, 0.29) is 15.8 Å². The zero-order valence-corrected chi connectivity index (χ0v) is 19.4. The van der Waals surface area contributed by atoms with Crippen LogP contribution in [0.1, 0.15) is 21.5 Å². The number of hydrogen-bond donors (Lipinski definition) is 2. The summed E-state index contributed by atoms with van der Waals surface area (Å²) in [5.74, 6) is 1.37. The van der Waals surface area contributed by atoms with Gasteiger partial charge >= 0.3 is 0 Å². The van der Waals surface area contributed by atoms with Crippen molar-refractivity contribution < 1.29 is 13.2 Å². The molecular formula is C23H23ClN2O3S2. The molecule has 162 valence electrons. The molecule has 31 heavy (non-hydrogen) atoms. The lowest BCUT2D eigenvalue weighted by molar-refractivity contribution is 0.0956. The van der Waals surface area contributed by atoms with Gasteiger partial charge in [0, 0.05) is 18.1 Å². The van der Waals surface area contributed by atoms with Crippen molar-refractivity contribution in [3.63, 3.8) is 0 Å². The van der Waals surface area contributed by atoms with Crippen LogP contribution in [0.5, 0.6) is 0 Å². The van der Waals surface area contributed by atoms with Crippen LogP contribution in [0.25, 0.3) is 0 Å². The molecule has 0 spiro atoms. The molecule has 0 aliphatic carbocycles. The third-order valence-electron chi connectivity index (χ3n) is 4.57. The Morgan fingerprint density at radius 3 is 2.42 bits per heavy atom. The number of nitrogens with one attached hydrogen (secondary N) is 2. The molecule has 0 fully saturated rings. The molecule has 0 atom stereocenters. The van der Waals surface area contributed by atoms with Crippen LogP contribution in [0.3, 0.4) is 0 Å². The maximum Gasteiger partial charge on any atom is 0.261 e. The van der Waals surface area contributed by atoms with Crippen molar-refractivity contribution in [2.75, 3.05) is 17.0 Å². The fourth-order valence-corrected chi connectivity index (χ4v) is 5.13. The van der Waals surface area contributed by atoms with Gasteiger partial charge in [-0.2, -0.15) is 11.8 Å². The minimum atomic E-state index is -3.72. The molecular weight excluding hydrogens is 452 g/mol. The van der Waals surface area contributed by atoms with Crippen LogP contribution >= 0.6 is 23.4 Å². The van der Waals surface area contributed by atoms with E-state index in [4.69, 9.17) is 11.6 Å². The van der Waals surface area contributed by atoms with Crippen LogP contribution < -0.4 is 10.0 Å². The van der Waals surface area contributed by atoms with E-state index in [0.29, 0.717) is 17.8 Å². The second kappa shape index (κ2) is 10.7. The van der Waals surface area contributed by atoms with Crippen molar-refractivity contribution in [2.24, 2.45) is 0 Å². The highest BCUT2D eigenvalue weighted by atomic mass is 35.5. The normalized spacial score (nSPS) is 11.2. The van der Waals surface area contributed by atoms with E-state index in [1.807, 2.05) is 12.1 Å². The number of amides is 1. The summed E-state index contributed by atoms with van der Waals surface area (Å²) >= 11 is 7.98. The van der Waals surface area contributed by atoms with Gasteiger partial charge in [0.15, 0.2) is 0 Å². The van der Waals surface area contributed by atoms with Crippen molar-refractivity contribution in [3.8, 4) is 0 Å². The number of carbonyl (C=O) groups excluding carboxylic acids is 1. The number of benzene rings is 3. The second-order valence-electron chi connectivity index (χ2n) is 6.85. The number of halogens is 1. The smallest absolute Gasteiger partial charge is 0.261 e. The third kappa shape index (κ3) is 6.50. The maximum absolute atomic E-state index is 12.4. The maximum atomic E-state index is 12.4. The first-order valence-corrected chi connectivity index (χ1v) is 12.7. The van der Waals surface area contributed by atoms with Crippen molar-refractivity contribution in [1.29, 1.82) is 0 Å². The van der Waals surface area contributed by atoms with Crippen LogP contribution in [0, 0.1) is 6.92 Å². The molecule has 0 bridgehead atoms. The lowest BCUT2D eigenvalue weighted by Crippen LogP contribution is -2.26. The molecule has 0 heterocycles. The Labute approximate surface area is 192 Å². The molecule has 0 saturated heterocycles. The van der Waals surface area contributed by atoms with Gasteiger partial charge in [0.2, 0.25) is 0 Å². The average Bonchev–Trinajstić information content (AvgIpc) is 2.75. The van der Waals surface area contributed by atoms with Gasteiger partial charge in [0.05, 0.1) is 21.2 Å². The fraction of sp³-hybridized carbons (Fsp3) is 0.174. The van der Waals surface area contributed by atoms with Crippen LogP contribution in [-0.4, -0.2) is 26.6 Å². The molecule has 0 aliphatic rings. The highest BCUT2D eigenvalue weighted by Gasteiger charge is 2.16. The first-order chi connectivity index (χ1) is 14.9. The van der Waals surface area contributed by atoms with E-state index in [9.17, 15) is 13.2 Å². The SMILES string of the molecule is Cc1ccccc1CSCCNC(=O)c1ccc(NS(=O)(=O)c2ccccc2)cc1Cl. The summed E-state index contributed by atoms with van der Waals surface area (Å²) in [4.78, 5) is 12.6. The van der Waals surface area contributed by atoms with E-state index in [2.05, 4.69) is 29.1 Å². The van der Waals surface area contributed by atoms with Gasteiger partial charge in [-0.05, 0) is 48.4 Å². The Kier molecular flexibility index (Phi) is 8.01. The molecule has 3 rings (SSSR count). The molecule has 0 radical (unpaired) electrons. The summed E-state index contributed by atoms with van der Waals surface area (Å²) < 4.78 is 27.3. The fourth-order valence-electron chi connectivity index (χ4n) is 2.86. The monoisotopic (exact) mass is 474 g/mol. The largest absolute Gasteiger partial charge is 0.351 e. The number of hydrogen-bond acceptors (Lipinski definition) is 4. The summed E-state index contributed by atoms with van der Waals surface area (Å²) in [7, 11) is -3.72. The number of sulfonamides is 1. The number of anilines is 1. The Hall–Kier alpha value is -2.48. The predicted octanol–water partition coefficient (Wildman–Crippen LogP) is 5.11. The summed E-state index contributed by atoms with van der Waals surface area (Å²) in [5, 5.41) is 3.03. The lowest BCUT2D eigenvalue weighted by Gasteiger charge is -2.11. The topological polar surface area (TPSA) is 75.3 Å². The molecule has 0 aliphatic heterocycles. The van der Waals surface area contributed by atoms with Gasteiger partial charge in [-0.1, -0.05) is 54.1 Å². The quantitative estimate of drug-likeness (QED) is 0.422. The van der Waals surface area contributed by atoms with Gasteiger partial charge in [0.1, 0.15) is 0 Å². The van der Waals surface area contributed by atoms with Gasteiger partial charge < -0.3 is 5.32 Å². The van der Waals surface area contributed by atoms with Crippen LogP contribution in [0.4, 0.5) is 5.69 Å². The summed E-state index contributed by atoms with van der Waals surface area (Å²) in [6.45, 7) is 2.59. The molecule has 8 heteroatoms. The minimum Gasteiger partial charge on any atom is -0.351 e. The van der Waals surface area contributed by atoms with Crippen molar-refractivity contribution in [1.82, 2.24) is 5.32 Å². The van der Waals surface area contributed by atoms with E-state index >= 15 is 0 Å². The Morgan fingerprint density at radius 2 is 1.71 bits per heavy atom. The third-order valence-corrected chi connectivity index (χ3v) is 7.29. The molecule has 3 aromatic rings. The van der Waals surface area contributed by atoms with Crippen LogP contribution in [0.2, 0.25) is 5.02 Å². The first-order valence-electron chi connectivity index (χ1n) is 9.65. The Morgan fingerprint density at radius 1 is 1.00 bits per heavy atom. The van der Waals surface area contributed by atoms with Crippen LogP contribution in [-0.2, 0) is 15.8 Å². The number of aryl methyl sites for hydroxylation is 1. The number of carbonyl (C=O) groups is 1. The zero-order valence-electron chi connectivity index (χ0n) is 17.0. The van der Waals surface area contributed by atoms with Gasteiger partial charge in [0.25, 0.3) is 15.9 Å². The molecule has 3 aromatic carbocycles. The van der Waals surface area contributed by atoms with Crippen molar-refractivity contribution in [3.05, 3.63) is 94.5 Å². The molecule has 0 saturated carbocycles. The average molecular weight is 475 g/mol. The van der Waals surface area contributed by atoms with E-state index in [1.54, 1.807) is 30.0 Å². The molecule has 5 nitrogen and oxygen atoms in total. The molecule has 0 aromatic heterocycles. The Bertz CT molecular complexity index is 1150. The second-order valence-corrected chi connectivity index (χ2v) is 10.0. The molecule has 1 amide bonds. The van der Waals surface area contributed by atoms with Crippen LogP contribution in [0.15, 0.2) is 77.7 Å². The highest BCUT2D eigenvalue weighted by molar-refractivity contribution is 7.98. The summed E-state index contributed by atoms with van der Waals surface area (Å²) in [6.07, 6.45) is 0. The number of thioether (sulfide) groups is 1. The lowest BCUT2D eigenvalue weighted by atomic mass is 10.1. The summed E-state index contributed by atoms with van der Waals surface area (Å²) in [6, 6.07) is 20.7. The van der Waals surface area contributed by atoms with E-state index in [0.717, 1.165) is 11.5 Å². The highest BCUT2D eigenvalue weighted by Crippen LogP contribution is 2.23. The molecule has 2 N–H and O–H groups in total. The standard InChI is InChI=1S/C23H23ClN2O3S2/c1-17-7-5-6-8-18(17)16-30-14-13-25-23(27)21-12-11-19(15-22(21)24)26-31(28,29)20-9-3-2-4-10-20/h2-12,15,26H,13-14,16H2,1H3,(H,25,27). The van der Waals surface area contributed by atoms with Gasteiger partial charge in [-0.25, -0.2) is 8.42 Å².